The summed E-state index contributed by atoms with van der Waals surface area (Å²) in [5.74, 6) is 0.208. The van der Waals surface area contributed by atoms with Crippen LogP contribution >= 0.6 is 0 Å². The third kappa shape index (κ3) is 4.10. The summed E-state index contributed by atoms with van der Waals surface area (Å²) in [5.41, 5.74) is 0.435. The Kier molecular flexibility index (Phi) is 6.01. The molecule has 28 heavy (non-hydrogen) atoms. The van der Waals surface area contributed by atoms with E-state index in [-0.39, 0.29) is 17.1 Å². The number of ether oxygens (including phenoxy) is 2. The second-order valence-electron chi connectivity index (χ2n) is 7.73. The van der Waals surface area contributed by atoms with Crippen LogP contribution < -0.4 is 0 Å². The van der Waals surface area contributed by atoms with Gasteiger partial charge in [0.05, 0.1) is 18.1 Å². The van der Waals surface area contributed by atoms with Crippen molar-refractivity contribution in [3.05, 3.63) is 29.8 Å². The van der Waals surface area contributed by atoms with E-state index in [0.717, 1.165) is 32.1 Å². The molecule has 3 heterocycles. The fourth-order valence-corrected chi connectivity index (χ4v) is 5.81. The van der Waals surface area contributed by atoms with Gasteiger partial charge in [0.2, 0.25) is 10.0 Å². The Bertz CT molecular complexity index is 793. The van der Waals surface area contributed by atoms with E-state index in [2.05, 4.69) is 0 Å². The van der Waals surface area contributed by atoms with Crippen LogP contribution in [0.25, 0.3) is 0 Å². The fraction of sp³-hybridized carbons (Fsp3) is 0.650. The number of sulfonamides is 1. The highest BCUT2D eigenvalue weighted by molar-refractivity contribution is 7.89. The third-order valence-corrected chi connectivity index (χ3v) is 7.79. The molecule has 7 nitrogen and oxygen atoms in total. The van der Waals surface area contributed by atoms with Crippen molar-refractivity contribution in [3.63, 3.8) is 0 Å². The van der Waals surface area contributed by atoms with Crippen molar-refractivity contribution in [1.82, 2.24) is 9.21 Å². The maximum atomic E-state index is 12.9. The molecule has 3 aliphatic rings. The molecule has 154 valence electrons. The lowest BCUT2D eigenvalue weighted by Gasteiger charge is -2.34. The molecule has 0 bridgehead atoms. The van der Waals surface area contributed by atoms with Crippen LogP contribution in [0.5, 0.6) is 0 Å². The van der Waals surface area contributed by atoms with Gasteiger partial charge >= 0.3 is 0 Å². The minimum atomic E-state index is -3.54. The van der Waals surface area contributed by atoms with Crippen molar-refractivity contribution in [2.45, 2.75) is 43.3 Å². The van der Waals surface area contributed by atoms with E-state index in [1.807, 2.05) is 0 Å². The smallest absolute Gasteiger partial charge is 0.253 e. The molecule has 1 aromatic rings. The van der Waals surface area contributed by atoms with Gasteiger partial charge in [-0.05, 0) is 43.9 Å². The number of rotatable bonds is 4. The molecule has 0 atom stereocenters. The van der Waals surface area contributed by atoms with Gasteiger partial charge in [-0.15, -0.1) is 0 Å². The Morgan fingerprint density at radius 1 is 0.964 bits per heavy atom. The first-order chi connectivity index (χ1) is 13.6. The summed E-state index contributed by atoms with van der Waals surface area (Å²) >= 11 is 0. The molecule has 0 saturated carbocycles. The van der Waals surface area contributed by atoms with E-state index in [1.54, 1.807) is 23.1 Å². The van der Waals surface area contributed by atoms with E-state index < -0.39 is 10.0 Å². The van der Waals surface area contributed by atoms with E-state index >= 15 is 0 Å². The van der Waals surface area contributed by atoms with Gasteiger partial charge in [0, 0.05) is 37.7 Å². The van der Waals surface area contributed by atoms with E-state index in [1.165, 1.54) is 10.4 Å². The maximum Gasteiger partial charge on any atom is 0.253 e. The van der Waals surface area contributed by atoms with Gasteiger partial charge in [0.1, 0.15) is 0 Å². The minimum absolute atomic E-state index is 0.109. The molecule has 1 aromatic carbocycles. The highest BCUT2D eigenvalue weighted by Crippen LogP contribution is 2.27. The Morgan fingerprint density at radius 3 is 2.32 bits per heavy atom. The van der Waals surface area contributed by atoms with Gasteiger partial charge in [-0.2, -0.15) is 4.31 Å². The summed E-state index contributed by atoms with van der Waals surface area (Å²) in [5, 5.41) is 0. The molecule has 3 aliphatic heterocycles. The molecule has 0 unspecified atom stereocenters. The van der Waals surface area contributed by atoms with Crippen molar-refractivity contribution >= 4 is 15.9 Å². The van der Waals surface area contributed by atoms with E-state index in [0.29, 0.717) is 50.9 Å². The standard InChI is InChI=1S/C20H28N2O5S/c23-19(21-11-7-16(8-12-21)20-26-13-14-27-20)17-5-4-6-18(15-17)28(24,25)22-9-2-1-3-10-22/h4-6,15-16,20H,1-3,7-14H2. The van der Waals surface area contributed by atoms with Crippen LogP contribution in [0.4, 0.5) is 0 Å². The molecule has 3 fully saturated rings. The zero-order valence-electron chi connectivity index (χ0n) is 16.1. The van der Waals surface area contributed by atoms with Gasteiger partial charge in [0.25, 0.3) is 5.91 Å². The highest BCUT2D eigenvalue weighted by Gasteiger charge is 2.32. The number of carbonyl (C=O) groups excluding carboxylic acids is 1. The first-order valence-corrected chi connectivity index (χ1v) is 11.6. The van der Waals surface area contributed by atoms with E-state index in [4.69, 9.17) is 9.47 Å². The molecular weight excluding hydrogens is 380 g/mol. The van der Waals surface area contributed by atoms with Crippen LogP contribution in [-0.2, 0) is 19.5 Å². The molecule has 0 spiro atoms. The van der Waals surface area contributed by atoms with Crippen LogP contribution in [0.3, 0.4) is 0 Å². The number of piperidine rings is 2. The molecule has 8 heteroatoms. The normalized spacial score (nSPS) is 23.2. The largest absolute Gasteiger partial charge is 0.350 e. The van der Waals surface area contributed by atoms with Crippen molar-refractivity contribution in [2.24, 2.45) is 5.92 Å². The fourth-order valence-electron chi connectivity index (χ4n) is 4.25. The molecule has 4 rings (SSSR count). The molecular formula is C20H28N2O5S. The first-order valence-electron chi connectivity index (χ1n) is 10.2. The Hall–Kier alpha value is -1.48. The average Bonchev–Trinajstić information content (AvgIpc) is 3.29. The highest BCUT2D eigenvalue weighted by atomic mass is 32.2. The van der Waals surface area contributed by atoms with Crippen LogP contribution in [-0.4, -0.2) is 69.2 Å². The summed E-state index contributed by atoms with van der Waals surface area (Å²) < 4.78 is 38.5. The predicted octanol–water partition coefficient (Wildman–Crippen LogP) is 2.09. The molecule has 3 saturated heterocycles. The topological polar surface area (TPSA) is 76.2 Å². The van der Waals surface area contributed by atoms with Crippen LogP contribution in [0.2, 0.25) is 0 Å². The number of amides is 1. The average molecular weight is 409 g/mol. The van der Waals surface area contributed by atoms with Crippen LogP contribution in [0.15, 0.2) is 29.2 Å². The van der Waals surface area contributed by atoms with Crippen molar-refractivity contribution in [3.8, 4) is 0 Å². The zero-order valence-corrected chi connectivity index (χ0v) is 16.9. The van der Waals surface area contributed by atoms with Gasteiger partial charge in [-0.1, -0.05) is 12.5 Å². The van der Waals surface area contributed by atoms with Gasteiger partial charge < -0.3 is 14.4 Å². The number of carbonyl (C=O) groups is 1. The third-order valence-electron chi connectivity index (χ3n) is 5.89. The molecule has 0 aliphatic carbocycles. The lowest BCUT2D eigenvalue weighted by Crippen LogP contribution is -2.41. The number of hydrogen-bond acceptors (Lipinski definition) is 5. The summed E-state index contributed by atoms with van der Waals surface area (Å²) in [6.07, 6.45) is 4.37. The lowest BCUT2D eigenvalue weighted by atomic mass is 9.95. The second kappa shape index (κ2) is 8.49. The van der Waals surface area contributed by atoms with E-state index in [9.17, 15) is 13.2 Å². The monoisotopic (exact) mass is 408 g/mol. The predicted molar refractivity (Wildman–Crippen MR) is 103 cm³/mol. The summed E-state index contributed by atoms with van der Waals surface area (Å²) in [6, 6.07) is 6.48. The summed E-state index contributed by atoms with van der Waals surface area (Å²) in [4.78, 5) is 15.0. The van der Waals surface area contributed by atoms with Crippen molar-refractivity contribution < 1.29 is 22.7 Å². The Labute approximate surface area is 166 Å². The molecule has 1 amide bonds. The number of nitrogens with zero attached hydrogens (tertiary/aromatic N) is 2. The first kappa shape index (κ1) is 19.8. The van der Waals surface area contributed by atoms with Gasteiger partial charge in [-0.3, -0.25) is 4.79 Å². The Balaban J connectivity index is 1.43. The molecule has 0 radical (unpaired) electrons. The zero-order chi connectivity index (χ0) is 19.6. The molecule has 0 aromatic heterocycles. The quantitative estimate of drug-likeness (QED) is 0.763. The number of hydrogen-bond donors (Lipinski definition) is 0. The Morgan fingerprint density at radius 2 is 1.64 bits per heavy atom. The minimum Gasteiger partial charge on any atom is -0.350 e. The lowest BCUT2D eigenvalue weighted by molar-refractivity contribution is -0.0956. The summed E-state index contributed by atoms with van der Waals surface area (Å²) in [7, 11) is -3.54. The number of benzene rings is 1. The van der Waals surface area contributed by atoms with Gasteiger partial charge in [0.15, 0.2) is 6.29 Å². The van der Waals surface area contributed by atoms with Crippen LogP contribution in [0, 0.1) is 5.92 Å². The second-order valence-corrected chi connectivity index (χ2v) is 9.67. The van der Waals surface area contributed by atoms with Crippen LogP contribution in [0.1, 0.15) is 42.5 Å². The molecule has 0 N–H and O–H groups in total. The van der Waals surface area contributed by atoms with Crippen molar-refractivity contribution in [2.75, 3.05) is 39.4 Å². The maximum absolute atomic E-state index is 12.9. The van der Waals surface area contributed by atoms with Crippen molar-refractivity contribution in [1.29, 1.82) is 0 Å². The SMILES string of the molecule is O=C(c1cccc(S(=O)(=O)N2CCCCC2)c1)N1CCC(C2OCCO2)CC1. The number of likely N-dealkylation sites (tertiary alicyclic amines) is 1. The summed E-state index contributed by atoms with van der Waals surface area (Å²) in [6.45, 7) is 3.66. The van der Waals surface area contributed by atoms with Gasteiger partial charge in [-0.25, -0.2) is 8.42 Å².